The summed E-state index contributed by atoms with van der Waals surface area (Å²) in [6.07, 6.45) is 0. The van der Waals surface area contributed by atoms with Crippen LogP contribution in [0, 0.1) is 0 Å². The molecule has 1 nitrogen and oxygen atoms in total. The lowest BCUT2D eigenvalue weighted by atomic mass is 10.3. The van der Waals surface area contributed by atoms with Gasteiger partial charge in [-0.2, -0.15) is 0 Å². The second kappa shape index (κ2) is 10.0. The van der Waals surface area contributed by atoms with Crippen LogP contribution in [0.4, 0.5) is 5.69 Å². The SMILES string of the molecule is C/C(=C\Sc1ccc(Cl)cc1)C(=Nc1ccccc1)Sc1ccc(Cl)cc1. The summed E-state index contributed by atoms with van der Waals surface area (Å²) in [6.45, 7) is 2.08. The van der Waals surface area contributed by atoms with Gasteiger partial charge in [-0.25, -0.2) is 4.99 Å². The van der Waals surface area contributed by atoms with E-state index in [1.807, 2.05) is 78.9 Å². The Labute approximate surface area is 178 Å². The van der Waals surface area contributed by atoms with Crippen LogP contribution in [-0.4, -0.2) is 5.04 Å². The highest BCUT2D eigenvalue weighted by Gasteiger charge is 2.07. The lowest BCUT2D eigenvalue weighted by molar-refractivity contribution is 1.46. The molecule has 0 fully saturated rings. The average Bonchev–Trinajstić information content (AvgIpc) is 2.69. The van der Waals surface area contributed by atoms with Gasteiger partial charge in [0.1, 0.15) is 5.04 Å². The van der Waals surface area contributed by atoms with E-state index in [1.54, 1.807) is 23.5 Å². The molecule has 0 bridgehead atoms. The maximum atomic E-state index is 6.01. The zero-order valence-corrected chi connectivity index (χ0v) is 17.7. The highest BCUT2D eigenvalue weighted by Crippen LogP contribution is 2.30. The lowest BCUT2D eigenvalue weighted by Gasteiger charge is -2.08. The topological polar surface area (TPSA) is 12.4 Å². The van der Waals surface area contributed by atoms with Gasteiger partial charge in [-0.15, -0.1) is 0 Å². The second-order valence-electron chi connectivity index (χ2n) is 5.68. The van der Waals surface area contributed by atoms with Crippen LogP contribution < -0.4 is 0 Å². The Hall–Kier alpha value is -1.65. The summed E-state index contributed by atoms with van der Waals surface area (Å²) in [5.74, 6) is 0. The van der Waals surface area contributed by atoms with Crippen molar-refractivity contribution in [2.75, 3.05) is 0 Å². The predicted octanol–water partition coefficient (Wildman–Crippen LogP) is 8.51. The molecule has 0 heterocycles. The minimum atomic E-state index is 0.728. The molecule has 0 aromatic heterocycles. The minimum absolute atomic E-state index is 0.728. The molecule has 3 rings (SSSR count). The Morgan fingerprint density at radius 3 is 1.93 bits per heavy atom. The standard InChI is InChI=1S/C22H17Cl2NS2/c1-16(15-26-20-11-7-17(23)8-12-20)22(25-19-5-3-2-4-6-19)27-21-13-9-18(24)10-14-21/h2-15H,1H3/b16-15+,25-22?. The fourth-order valence-electron chi connectivity index (χ4n) is 2.15. The molecule has 3 aromatic carbocycles. The van der Waals surface area contributed by atoms with Gasteiger partial charge in [0.2, 0.25) is 0 Å². The monoisotopic (exact) mass is 429 g/mol. The molecule has 0 N–H and O–H groups in total. The van der Waals surface area contributed by atoms with Gasteiger partial charge in [-0.1, -0.05) is 64.9 Å². The maximum Gasteiger partial charge on any atom is 0.105 e. The third-order valence-corrected chi connectivity index (χ3v) is 6.17. The first-order valence-corrected chi connectivity index (χ1v) is 10.7. The van der Waals surface area contributed by atoms with Crippen molar-refractivity contribution in [2.45, 2.75) is 16.7 Å². The van der Waals surface area contributed by atoms with Crippen molar-refractivity contribution in [2.24, 2.45) is 4.99 Å². The van der Waals surface area contributed by atoms with Crippen LogP contribution in [0.5, 0.6) is 0 Å². The highest BCUT2D eigenvalue weighted by molar-refractivity contribution is 8.14. The Morgan fingerprint density at radius 1 is 0.778 bits per heavy atom. The van der Waals surface area contributed by atoms with Crippen molar-refractivity contribution in [1.29, 1.82) is 0 Å². The zero-order chi connectivity index (χ0) is 19.1. The number of thioether (sulfide) groups is 2. The van der Waals surface area contributed by atoms with Crippen LogP contribution >= 0.6 is 46.7 Å². The molecule has 0 atom stereocenters. The second-order valence-corrected chi connectivity index (χ2v) is 8.56. The Morgan fingerprint density at radius 2 is 1.33 bits per heavy atom. The van der Waals surface area contributed by atoms with E-state index in [2.05, 4.69) is 12.3 Å². The molecule has 3 aromatic rings. The molecule has 27 heavy (non-hydrogen) atoms. The van der Waals surface area contributed by atoms with Crippen LogP contribution in [0.25, 0.3) is 0 Å². The van der Waals surface area contributed by atoms with E-state index in [0.29, 0.717) is 0 Å². The molecule has 0 aliphatic rings. The van der Waals surface area contributed by atoms with E-state index in [1.165, 1.54) is 0 Å². The van der Waals surface area contributed by atoms with E-state index < -0.39 is 0 Å². The van der Waals surface area contributed by atoms with Gasteiger partial charge in [-0.05, 0) is 78.6 Å². The molecule has 0 amide bonds. The molecule has 0 aliphatic carbocycles. The molecular weight excluding hydrogens is 413 g/mol. The largest absolute Gasteiger partial charge is 0.241 e. The van der Waals surface area contributed by atoms with Gasteiger partial charge in [0.05, 0.1) is 5.69 Å². The van der Waals surface area contributed by atoms with E-state index in [4.69, 9.17) is 28.2 Å². The summed E-state index contributed by atoms with van der Waals surface area (Å²) in [4.78, 5) is 7.08. The van der Waals surface area contributed by atoms with E-state index in [-0.39, 0.29) is 0 Å². The average molecular weight is 430 g/mol. The first kappa shape index (κ1) is 20.1. The van der Waals surface area contributed by atoms with Crippen molar-refractivity contribution >= 4 is 57.5 Å². The van der Waals surface area contributed by atoms with Gasteiger partial charge in [0.25, 0.3) is 0 Å². The maximum absolute atomic E-state index is 6.01. The predicted molar refractivity (Wildman–Crippen MR) is 122 cm³/mol. The van der Waals surface area contributed by atoms with E-state index in [0.717, 1.165) is 36.1 Å². The number of rotatable bonds is 5. The van der Waals surface area contributed by atoms with Crippen LogP contribution in [0.1, 0.15) is 6.92 Å². The van der Waals surface area contributed by atoms with Crippen molar-refractivity contribution in [3.05, 3.63) is 99.9 Å². The Balaban J connectivity index is 1.85. The number of benzene rings is 3. The summed E-state index contributed by atoms with van der Waals surface area (Å²) in [6, 6.07) is 25.6. The number of hydrogen-bond donors (Lipinski definition) is 0. The normalized spacial score (nSPS) is 12.3. The van der Waals surface area contributed by atoms with Gasteiger partial charge in [0.15, 0.2) is 0 Å². The smallest absolute Gasteiger partial charge is 0.105 e. The van der Waals surface area contributed by atoms with Crippen molar-refractivity contribution in [3.63, 3.8) is 0 Å². The molecule has 0 saturated heterocycles. The van der Waals surface area contributed by atoms with Crippen LogP contribution in [0.15, 0.2) is 105 Å². The number of nitrogens with zero attached hydrogens (tertiary/aromatic N) is 1. The van der Waals surface area contributed by atoms with Gasteiger partial charge in [0, 0.05) is 19.8 Å². The zero-order valence-electron chi connectivity index (χ0n) is 14.6. The van der Waals surface area contributed by atoms with Gasteiger partial charge < -0.3 is 0 Å². The number of para-hydroxylation sites is 1. The highest BCUT2D eigenvalue weighted by atomic mass is 35.5. The molecule has 0 aliphatic heterocycles. The molecule has 0 unspecified atom stereocenters. The van der Waals surface area contributed by atoms with Crippen molar-refractivity contribution < 1.29 is 0 Å². The van der Waals surface area contributed by atoms with Crippen LogP contribution in [-0.2, 0) is 0 Å². The Bertz CT molecular complexity index is 934. The molecule has 0 radical (unpaired) electrons. The summed E-state index contributed by atoms with van der Waals surface area (Å²) in [7, 11) is 0. The lowest BCUT2D eigenvalue weighted by Crippen LogP contribution is -1.94. The first-order valence-electron chi connectivity index (χ1n) is 8.27. The molecule has 0 saturated carbocycles. The number of hydrogen-bond acceptors (Lipinski definition) is 3. The molecule has 0 spiro atoms. The fourth-order valence-corrected chi connectivity index (χ4v) is 4.06. The minimum Gasteiger partial charge on any atom is -0.241 e. The Kier molecular flexibility index (Phi) is 7.48. The van der Waals surface area contributed by atoms with Crippen molar-refractivity contribution in [3.8, 4) is 0 Å². The van der Waals surface area contributed by atoms with Gasteiger partial charge in [-0.3, -0.25) is 0 Å². The third kappa shape index (κ3) is 6.47. The summed E-state index contributed by atoms with van der Waals surface area (Å²) >= 11 is 15.2. The molecule has 136 valence electrons. The quantitative estimate of drug-likeness (QED) is 0.228. The van der Waals surface area contributed by atoms with Crippen LogP contribution in [0.3, 0.4) is 0 Å². The van der Waals surface area contributed by atoms with E-state index in [9.17, 15) is 0 Å². The summed E-state index contributed by atoms with van der Waals surface area (Å²) in [5.41, 5.74) is 2.02. The summed E-state index contributed by atoms with van der Waals surface area (Å²) in [5, 5.41) is 4.54. The molecule has 5 heteroatoms. The first-order chi connectivity index (χ1) is 13.1. The fraction of sp³-hybridized carbons (Fsp3) is 0.0455. The van der Waals surface area contributed by atoms with Gasteiger partial charge >= 0.3 is 0 Å². The number of aliphatic imine (C=N–C) groups is 1. The molecular formula is C22H17Cl2NS2. The van der Waals surface area contributed by atoms with Crippen LogP contribution in [0.2, 0.25) is 10.0 Å². The third-order valence-electron chi connectivity index (χ3n) is 3.54. The number of halogens is 2. The van der Waals surface area contributed by atoms with E-state index >= 15 is 0 Å². The van der Waals surface area contributed by atoms with Crippen molar-refractivity contribution in [1.82, 2.24) is 0 Å². The summed E-state index contributed by atoms with van der Waals surface area (Å²) < 4.78 is 0.